The first kappa shape index (κ1) is 27.5. The average Bonchev–Trinajstić information content (AvgIpc) is 3.48. The zero-order valence-corrected chi connectivity index (χ0v) is 22.6. The van der Waals surface area contributed by atoms with Gasteiger partial charge in [-0.05, 0) is 85.8 Å². The Balaban J connectivity index is 1.39. The predicted molar refractivity (Wildman–Crippen MR) is 150 cm³/mol. The molecule has 3 aromatic carbocycles. The SMILES string of the molecule is COc1cc(OC)cc(C(=O)Nc2ccc(C(=O)N(C)N=Cc3ccc(OC)c(OC4CCCC4)c3)cc2)c1. The Labute approximate surface area is 228 Å². The lowest BCUT2D eigenvalue weighted by Gasteiger charge is -2.16. The topological polar surface area (TPSA) is 98.7 Å². The van der Waals surface area contributed by atoms with Crippen molar-refractivity contribution in [3.63, 3.8) is 0 Å². The number of nitrogens with one attached hydrogen (secondary N) is 1. The third-order valence-corrected chi connectivity index (χ3v) is 6.46. The maximum absolute atomic E-state index is 12.9. The van der Waals surface area contributed by atoms with Crippen LogP contribution >= 0.6 is 0 Å². The van der Waals surface area contributed by atoms with Crippen molar-refractivity contribution in [2.45, 2.75) is 31.8 Å². The standard InChI is InChI=1S/C30H33N3O6/c1-33(31-19-20-9-14-27(38-4)28(15-20)39-24-7-5-6-8-24)30(35)21-10-12-23(13-11-21)32-29(34)22-16-25(36-2)18-26(17-22)37-3/h9-19,24H,5-8H2,1-4H3,(H,32,34). The molecule has 1 saturated carbocycles. The Morgan fingerprint density at radius 3 is 2.13 bits per heavy atom. The molecule has 1 fully saturated rings. The van der Waals surface area contributed by atoms with Crippen molar-refractivity contribution < 1.29 is 28.5 Å². The van der Waals surface area contributed by atoms with Crippen LogP contribution in [-0.2, 0) is 0 Å². The Morgan fingerprint density at radius 1 is 0.846 bits per heavy atom. The molecule has 3 aromatic rings. The van der Waals surface area contributed by atoms with Crippen LogP contribution in [0, 0.1) is 0 Å². The van der Waals surface area contributed by atoms with Crippen LogP contribution in [0.3, 0.4) is 0 Å². The first-order valence-corrected chi connectivity index (χ1v) is 12.7. The van der Waals surface area contributed by atoms with E-state index in [-0.39, 0.29) is 17.9 Å². The molecule has 1 aliphatic rings. The van der Waals surface area contributed by atoms with Gasteiger partial charge in [-0.2, -0.15) is 5.10 Å². The number of ether oxygens (including phenoxy) is 4. The zero-order chi connectivity index (χ0) is 27.8. The molecule has 9 heteroatoms. The molecule has 0 unspecified atom stereocenters. The first-order valence-electron chi connectivity index (χ1n) is 12.7. The lowest BCUT2D eigenvalue weighted by Crippen LogP contribution is -2.21. The average molecular weight is 532 g/mol. The fourth-order valence-corrected chi connectivity index (χ4v) is 4.28. The van der Waals surface area contributed by atoms with E-state index in [1.165, 1.54) is 32.1 Å². The fraction of sp³-hybridized carbons (Fsp3) is 0.300. The lowest BCUT2D eigenvalue weighted by atomic mass is 10.1. The number of hydrogen-bond donors (Lipinski definition) is 1. The van der Waals surface area contributed by atoms with Gasteiger partial charge in [-0.3, -0.25) is 9.59 Å². The summed E-state index contributed by atoms with van der Waals surface area (Å²) in [6.45, 7) is 0. The minimum atomic E-state index is -0.330. The number of nitrogens with zero attached hydrogens (tertiary/aromatic N) is 2. The summed E-state index contributed by atoms with van der Waals surface area (Å²) in [6.07, 6.45) is 6.22. The van der Waals surface area contributed by atoms with Gasteiger partial charge in [0.1, 0.15) is 11.5 Å². The van der Waals surface area contributed by atoms with Crippen LogP contribution < -0.4 is 24.3 Å². The maximum atomic E-state index is 12.9. The number of anilines is 1. The van der Waals surface area contributed by atoms with Crippen LogP contribution in [0.2, 0.25) is 0 Å². The Kier molecular flexibility index (Phi) is 9.04. The van der Waals surface area contributed by atoms with Gasteiger partial charge in [0.25, 0.3) is 11.8 Å². The van der Waals surface area contributed by atoms with Crippen molar-refractivity contribution in [1.29, 1.82) is 0 Å². The smallest absolute Gasteiger partial charge is 0.273 e. The Bertz CT molecular complexity index is 1310. The highest BCUT2D eigenvalue weighted by atomic mass is 16.5. The summed E-state index contributed by atoms with van der Waals surface area (Å²) in [5.41, 5.74) is 2.14. The second-order valence-electron chi connectivity index (χ2n) is 9.14. The van der Waals surface area contributed by atoms with Gasteiger partial charge in [0.05, 0.1) is 33.6 Å². The monoisotopic (exact) mass is 531 g/mol. The van der Waals surface area contributed by atoms with Gasteiger partial charge < -0.3 is 24.3 Å². The van der Waals surface area contributed by atoms with Gasteiger partial charge in [-0.25, -0.2) is 5.01 Å². The summed E-state index contributed by atoms with van der Waals surface area (Å²) >= 11 is 0. The molecular weight excluding hydrogens is 498 g/mol. The fourth-order valence-electron chi connectivity index (χ4n) is 4.28. The molecule has 0 atom stereocenters. The van der Waals surface area contributed by atoms with E-state index >= 15 is 0 Å². The molecule has 1 aliphatic carbocycles. The van der Waals surface area contributed by atoms with Crippen molar-refractivity contribution in [2.24, 2.45) is 5.10 Å². The molecule has 0 radical (unpaired) electrons. The molecule has 0 spiro atoms. The summed E-state index contributed by atoms with van der Waals surface area (Å²) in [5, 5.41) is 8.39. The van der Waals surface area contributed by atoms with E-state index in [1.54, 1.807) is 62.8 Å². The van der Waals surface area contributed by atoms with E-state index < -0.39 is 0 Å². The van der Waals surface area contributed by atoms with Crippen LogP contribution in [0.15, 0.2) is 65.8 Å². The highest BCUT2D eigenvalue weighted by Crippen LogP contribution is 2.32. The van der Waals surface area contributed by atoms with Crippen molar-refractivity contribution in [1.82, 2.24) is 5.01 Å². The van der Waals surface area contributed by atoms with E-state index in [4.69, 9.17) is 18.9 Å². The highest BCUT2D eigenvalue weighted by molar-refractivity contribution is 6.05. The molecule has 1 N–H and O–H groups in total. The van der Waals surface area contributed by atoms with Gasteiger partial charge in [-0.15, -0.1) is 0 Å². The molecule has 4 rings (SSSR count). The maximum Gasteiger partial charge on any atom is 0.273 e. The Hall–Kier alpha value is -4.53. The van der Waals surface area contributed by atoms with Crippen LogP contribution in [-0.4, -0.2) is 57.5 Å². The van der Waals surface area contributed by atoms with Crippen LogP contribution in [0.1, 0.15) is 52.0 Å². The summed E-state index contributed by atoms with van der Waals surface area (Å²) in [7, 11) is 6.24. The van der Waals surface area contributed by atoms with E-state index in [0.29, 0.717) is 39.8 Å². The Morgan fingerprint density at radius 2 is 1.51 bits per heavy atom. The molecule has 9 nitrogen and oxygen atoms in total. The van der Waals surface area contributed by atoms with Gasteiger partial charge >= 0.3 is 0 Å². The third kappa shape index (κ3) is 7.07. The molecule has 204 valence electrons. The number of hydrazone groups is 1. The predicted octanol–water partition coefficient (Wildman–Crippen LogP) is 5.39. The number of benzene rings is 3. The third-order valence-electron chi connectivity index (χ3n) is 6.46. The number of carbonyl (C=O) groups excluding carboxylic acids is 2. The van der Waals surface area contributed by atoms with Crippen molar-refractivity contribution in [3.8, 4) is 23.0 Å². The highest BCUT2D eigenvalue weighted by Gasteiger charge is 2.19. The molecule has 0 aromatic heterocycles. The normalized spacial score (nSPS) is 13.2. The largest absolute Gasteiger partial charge is 0.497 e. The molecule has 0 bridgehead atoms. The van der Waals surface area contributed by atoms with Crippen molar-refractivity contribution >= 4 is 23.7 Å². The minimum Gasteiger partial charge on any atom is -0.497 e. The van der Waals surface area contributed by atoms with Crippen molar-refractivity contribution in [2.75, 3.05) is 33.7 Å². The number of methoxy groups -OCH3 is 3. The first-order chi connectivity index (χ1) is 18.9. The van der Waals surface area contributed by atoms with Crippen LogP contribution in [0.5, 0.6) is 23.0 Å². The lowest BCUT2D eigenvalue weighted by molar-refractivity contribution is 0.0800. The van der Waals surface area contributed by atoms with Gasteiger partial charge in [0.2, 0.25) is 0 Å². The summed E-state index contributed by atoms with van der Waals surface area (Å²) in [5.74, 6) is 1.74. The number of hydrogen-bond acceptors (Lipinski definition) is 7. The second kappa shape index (κ2) is 12.8. The second-order valence-corrected chi connectivity index (χ2v) is 9.14. The van der Waals surface area contributed by atoms with Gasteiger partial charge in [-0.1, -0.05) is 0 Å². The molecule has 39 heavy (non-hydrogen) atoms. The van der Waals surface area contributed by atoms with E-state index in [9.17, 15) is 9.59 Å². The van der Waals surface area contributed by atoms with Crippen LogP contribution in [0.25, 0.3) is 0 Å². The van der Waals surface area contributed by atoms with Crippen LogP contribution in [0.4, 0.5) is 5.69 Å². The van der Waals surface area contributed by atoms with Gasteiger partial charge in [0, 0.05) is 29.9 Å². The molecular formula is C30H33N3O6. The summed E-state index contributed by atoms with van der Waals surface area (Å²) in [6, 6.07) is 17.1. The molecule has 0 aliphatic heterocycles. The number of amides is 2. The molecule has 0 saturated heterocycles. The zero-order valence-electron chi connectivity index (χ0n) is 22.6. The van der Waals surface area contributed by atoms with Gasteiger partial charge in [0.15, 0.2) is 11.5 Å². The van der Waals surface area contributed by atoms with E-state index in [2.05, 4.69) is 10.4 Å². The van der Waals surface area contributed by atoms with E-state index in [0.717, 1.165) is 18.4 Å². The van der Waals surface area contributed by atoms with Crippen molar-refractivity contribution in [3.05, 3.63) is 77.4 Å². The molecule has 2 amide bonds. The quantitative estimate of drug-likeness (QED) is 0.278. The summed E-state index contributed by atoms with van der Waals surface area (Å²) < 4.78 is 22.0. The number of rotatable bonds is 10. The van der Waals surface area contributed by atoms with E-state index in [1.807, 2.05) is 18.2 Å². The molecule has 0 heterocycles. The summed E-state index contributed by atoms with van der Waals surface area (Å²) in [4.78, 5) is 25.6. The number of carbonyl (C=O) groups is 2. The minimum absolute atomic E-state index is 0.196.